The molecule has 2 heterocycles. The van der Waals surface area contributed by atoms with Crippen LogP contribution in [0.3, 0.4) is 0 Å². The molecule has 1 N–H and O–H groups in total. The van der Waals surface area contributed by atoms with E-state index < -0.39 is 0 Å². The third-order valence-corrected chi connectivity index (χ3v) is 5.51. The fourth-order valence-corrected chi connectivity index (χ4v) is 4.32. The minimum absolute atomic E-state index is 0.509. The summed E-state index contributed by atoms with van der Waals surface area (Å²) >= 11 is 3.56. The zero-order chi connectivity index (χ0) is 12.8. The molecule has 3 aliphatic rings. The molecular formula is C16H20BrNO. The van der Waals surface area contributed by atoms with Crippen LogP contribution in [-0.4, -0.2) is 24.3 Å². The standard InChI is InChI=1S/C16H20BrNO/c17-12-3-1-2-10(6-12)11-7-13(8-11)18-15-9-14-4-5-16(15)19-14/h1-3,6,11,13-16,18H,4-5,7-9H2. The molecule has 1 aromatic rings. The number of benzene rings is 1. The summed E-state index contributed by atoms with van der Waals surface area (Å²) in [6.07, 6.45) is 7.42. The Kier molecular flexibility index (Phi) is 3.17. The maximum Gasteiger partial charge on any atom is 0.0733 e. The van der Waals surface area contributed by atoms with Gasteiger partial charge in [-0.1, -0.05) is 28.1 Å². The Morgan fingerprint density at radius 1 is 1.16 bits per heavy atom. The fraction of sp³-hybridized carbons (Fsp3) is 0.625. The number of halogens is 1. The highest BCUT2D eigenvalue weighted by molar-refractivity contribution is 9.10. The lowest BCUT2D eigenvalue weighted by Gasteiger charge is -2.39. The zero-order valence-electron chi connectivity index (χ0n) is 11.0. The molecule has 2 bridgehead atoms. The lowest BCUT2D eigenvalue weighted by molar-refractivity contribution is 0.0931. The van der Waals surface area contributed by atoms with Gasteiger partial charge in [0.15, 0.2) is 0 Å². The SMILES string of the molecule is Brc1cccc(C2CC(NC3CC4CCC3O4)C2)c1. The van der Waals surface area contributed by atoms with Gasteiger partial charge in [-0.25, -0.2) is 0 Å². The van der Waals surface area contributed by atoms with Gasteiger partial charge in [-0.05, 0) is 55.7 Å². The van der Waals surface area contributed by atoms with Crippen molar-refractivity contribution in [1.82, 2.24) is 5.32 Å². The number of hydrogen-bond acceptors (Lipinski definition) is 2. The average Bonchev–Trinajstić information content (AvgIpc) is 2.95. The van der Waals surface area contributed by atoms with E-state index in [1.807, 2.05) is 0 Å². The van der Waals surface area contributed by atoms with Gasteiger partial charge < -0.3 is 10.1 Å². The summed E-state index contributed by atoms with van der Waals surface area (Å²) in [5.74, 6) is 0.745. The molecule has 3 unspecified atom stereocenters. The normalized spacial score (nSPS) is 40.4. The Morgan fingerprint density at radius 2 is 2.05 bits per heavy atom. The van der Waals surface area contributed by atoms with Crippen LogP contribution in [0, 0.1) is 0 Å². The molecule has 3 atom stereocenters. The third-order valence-electron chi connectivity index (χ3n) is 5.01. The fourth-order valence-electron chi connectivity index (χ4n) is 3.90. The second kappa shape index (κ2) is 4.87. The zero-order valence-corrected chi connectivity index (χ0v) is 12.6. The molecule has 102 valence electrons. The van der Waals surface area contributed by atoms with E-state index >= 15 is 0 Å². The van der Waals surface area contributed by atoms with Crippen LogP contribution in [-0.2, 0) is 4.74 Å². The summed E-state index contributed by atoms with van der Waals surface area (Å²) in [5, 5.41) is 3.82. The van der Waals surface area contributed by atoms with Crippen molar-refractivity contribution in [3.63, 3.8) is 0 Å². The highest BCUT2D eigenvalue weighted by atomic mass is 79.9. The van der Waals surface area contributed by atoms with E-state index in [2.05, 4.69) is 45.5 Å². The Labute approximate surface area is 123 Å². The van der Waals surface area contributed by atoms with Gasteiger partial charge in [-0.15, -0.1) is 0 Å². The van der Waals surface area contributed by atoms with E-state index in [9.17, 15) is 0 Å². The van der Waals surface area contributed by atoms with Crippen LogP contribution in [0.2, 0.25) is 0 Å². The van der Waals surface area contributed by atoms with Crippen molar-refractivity contribution >= 4 is 15.9 Å². The first kappa shape index (κ1) is 12.4. The summed E-state index contributed by atoms with van der Waals surface area (Å²) < 4.78 is 7.11. The first-order valence-electron chi connectivity index (χ1n) is 7.45. The Bertz CT molecular complexity index is 472. The lowest BCUT2D eigenvalue weighted by Crippen LogP contribution is -2.49. The van der Waals surface area contributed by atoms with Crippen LogP contribution in [0.5, 0.6) is 0 Å². The summed E-state index contributed by atoms with van der Waals surface area (Å²) in [6, 6.07) is 10.1. The van der Waals surface area contributed by atoms with Crippen LogP contribution in [0.15, 0.2) is 28.7 Å². The predicted octanol–water partition coefficient (Wildman–Crippen LogP) is 3.60. The quantitative estimate of drug-likeness (QED) is 0.918. The Morgan fingerprint density at radius 3 is 2.74 bits per heavy atom. The van der Waals surface area contributed by atoms with E-state index in [0.717, 1.165) is 5.92 Å². The van der Waals surface area contributed by atoms with Crippen LogP contribution in [0.4, 0.5) is 0 Å². The van der Waals surface area contributed by atoms with Crippen molar-refractivity contribution in [3.8, 4) is 0 Å². The topological polar surface area (TPSA) is 21.3 Å². The minimum Gasteiger partial charge on any atom is -0.373 e. The molecule has 2 saturated heterocycles. The number of fused-ring (bicyclic) bond motifs is 2. The van der Waals surface area contributed by atoms with E-state index in [0.29, 0.717) is 24.3 Å². The summed E-state index contributed by atoms with van der Waals surface area (Å²) in [5.41, 5.74) is 1.48. The highest BCUT2D eigenvalue weighted by Crippen LogP contribution is 2.40. The molecule has 0 spiro atoms. The second-order valence-electron chi connectivity index (χ2n) is 6.30. The Balaban J connectivity index is 1.31. The average molecular weight is 322 g/mol. The first-order chi connectivity index (χ1) is 9.28. The molecule has 3 fully saturated rings. The van der Waals surface area contributed by atoms with Gasteiger partial charge in [-0.3, -0.25) is 0 Å². The van der Waals surface area contributed by atoms with Crippen LogP contribution in [0.1, 0.15) is 43.6 Å². The molecule has 19 heavy (non-hydrogen) atoms. The molecule has 3 heteroatoms. The van der Waals surface area contributed by atoms with Gasteiger partial charge in [0, 0.05) is 16.6 Å². The van der Waals surface area contributed by atoms with Crippen molar-refractivity contribution < 1.29 is 4.74 Å². The summed E-state index contributed by atoms with van der Waals surface area (Å²) in [6.45, 7) is 0. The van der Waals surface area contributed by atoms with Crippen molar-refractivity contribution in [2.24, 2.45) is 0 Å². The molecule has 2 nitrogen and oxygen atoms in total. The van der Waals surface area contributed by atoms with Gasteiger partial charge in [0.05, 0.1) is 12.2 Å². The molecule has 1 saturated carbocycles. The first-order valence-corrected chi connectivity index (χ1v) is 8.24. The molecule has 1 aromatic carbocycles. The van der Waals surface area contributed by atoms with Crippen LogP contribution in [0.25, 0.3) is 0 Å². The molecular weight excluding hydrogens is 302 g/mol. The minimum atomic E-state index is 0.509. The van der Waals surface area contributed by atoms with Gasteiger partial charge in [0.25, 0.3) is 0 Å². The van der Waals surface area contributed by atoms with E-state index in [4.69, 9.17) is 4.74 Å². The smallest absolute Gasteiger partial charge is 0.0733 e. The predicted molar refractivity (Wildman–Crippen MR) is 79.3 cm³/mol. The molecule has 0 radical (unpaired) electrons. The van der Waals surface area contributed by atoms with Gasteiger partial charge in [-0.2, -0.15) is 0 Å². The molecule has 1 aliphatic carbocycles. The van der Waals surface area contributed by atoms with Crippen LogP contribution >= 0.6 is 15.9 Å². The molecule has 4 rings (SSSR count). The summed E-state index contributed by atoms with van der Waals surface area (Å²) in [4.78, 5) is 0. The third kappa shape index (κ3) is 2.37. The van der Waals surface area contributed by atoms with Crippen molar-refractivity contribution in [2.45, 2.75) is 62.3 Å². The lowest BCUT2D eigenvalue weighted by atomic mass is 9.75. The monoisotopic (exact) mass is 321 g/mol. The number of hydrogen-bond donors (Lipinski definition) is 1. The van der Waals surface area contributed by atoms with Crippen molar-refractivity contribution in [2.75, 3.05) is 0 Å². The molecule has 0 aromatic heterocycles. The van der Waals surface area contributed by atoms with E-state index in [-0.39, 0.29) is 0 Å². The Hall–Kier alpha value is -0.380. The van der Waals surface area contributed by atoms with Gasteiger partial charge in [0.1, 0.15) is 0 Å². The number of ether oxygens (including phenoxy) is 1. The van der Waals surface area contributed by atoms with E-state index in [1.165, 1.54) is 42.1 Å². The maximum absolute atomic E-state index is 5.91. The number of nitrogens with one attached hydrogen (secondary N) is 1. The largest absolute Gasteiger partial charge is 0.373 e. The second-order valence-corrected chi connectivity index (χ2v) is 7.22. The maximum atomic E-state index is 5.91. The highest BCUT2D eigenvalue weighted by Gasteiger charge is 2.43. The summed E-state index contributed by atoms with van der Waals surface area (Å²) in [7, 11) is 0. The van der Waals surface area contributed by atoms with Gasteiger partial charge >= 0.3 is 0 Å². The van der Waals surface area contributed by atoms with Gasteiger partial charge in [0.2, 0.25) is 0 Å². The van der Waals surface area contributed by atoms with Crippen LogP contribution < -0.4 is 5.32 Å². The van der Waals surface area contributed by atoms with Crippen molar-refractivity contribution in [1.29, 1.82) is 0 Å². The van der Waals surface area contributed by atoms with E-state index in [1.54, 1.807) is 0 Å². The molecule has 2 aliphatic heterocycles. The van der Waals surface area contributed by atoms with Crippen molar-refractivity contribution in [3.05, 3.63) is 34.3 Å². The molecule has 0 amide bonds. The number of rotatable bonds is 3.